The molecule has 140 valence electrons. The summed E-state index contributed by atoms with van der Waals surface area (Å²) in [5.74, 6) is 2.63. The van der Waals surface area contributed by atoms with E-state index in [1.54, 1.807) is 0 Å². The molecule has 1 heterocycles. The molecule has 0 radical (unpaired) electrons. The van der Waals surface area contributed by atoms with Crippen LogP contribution in [0.25, 0.3) is 0 Å². The predicted molar refractivity (Wildman–Crippen MR) is 119 cm³/mol. The molecule has 1 fully saturated rings. The molecule has 0 aliphatic carbocycles. The number of nitrogens with two attached hydrogens (primary N) is 1. The van der Waals surface area contributed by atoms with Crippen molar-refractivity contribution in [3.63, 3.8) is 0 Å². The van der Waals surface area contributed by atoms with Crippen molar-refractivity contribution in [1.29, 1.82) is 0 Å². The zero-order valence-corrected chi connectivity index (χ0v) is 17.4. The molecule has 2 aromatic carbocycles. The second-order valence-electron chi connectivity index (χ2n) is 6.34. The maximum absolute atomic E-state index is 6.04. The third-order valence-corrected chi connectivity index (χ3v) is 4.42. The average Bonchev–Trinajstić information content (AvgIpc) is 3.09. The molecule has 0 spiro atoms. The van der Waals surface area contributed by atoms with Gasteiger partial charge in [-0.15, -0.1) is 24.0 Å². The van der Waals surface area contributed by atoms with Crippen LogP contribution in [0.3, 0.4) is 0 Å². The predicted octanol–water partition coefficient (Wildman–Crippen LogP) is 4.17. The largest absolute Gasteiger partial charge is 0.457 e. The molecule has 0 amide bonds. The molecule has 6 heteroatoms. The van der Waals surface area contributed by atoms with Crippen molar-refractivity contribution >= 4 is 35.6 Å². The molecule has 0 aromatic heterocycles. The number of hydrogen-bond acceptors (Lipinski definition) is 3. The van der Waals surface area contributed by atoms with E-state index in [1.807, 2.05) is 54.6 Å². The van der Waals surface area contributed by atoms with Gasteiger partial charge >= 0.3 is 0 Å². The summed E-state index contributed by atoms with van der Waals surface area (Å²) in [5.41, 5.74) is 6.91. The quantitative estimate of drug-likeness (QED) is 0.381. The summed E-state index contributed by atoms with van der Waals surface area (Å²) in [6.45, 7) is 6.38. The van der Waals surface area contributed by atoms with Crippen LogP contribution < -0.4 is 15.8 Å². The Balaban J connectivity index is 0.00000243. The molecular weight excluding hydrogens is 439 g/mol. The number of benzene rings is 2. The van der Waals surface area contributed by atoms with Gasteiger partial charge in [0, 0.05) is 24.8 Å². The lowest BCUT2D eigenvalue weighted by Crippen LogP contribution is -2.25. The molecule has 0 saturated carbocycles. The number of halogens is 1. The Morgan fingerprint density at radius 1 is 1.19 bits per heavy atom. The fourth-order valence-corrected chi connectivity index (χ4v) is 3.03. The van der Waals surface area contributed by atoms with E-state index < -0.39 is 0 Å². The first-order valence-electron chi connectivity index (χ1n) is 8.85. The first-order chi connectivity index (χ1) is 12.2. The van der Waals surface area contributed by atoms with Gasteiger partial charge in [0.15, 0.2) is 5.96 Å². The molecule has 3 N–H and O–H groups in total. The van der Waals surface area contributed by atoms with Crippen LogP contribution in [0.1, 0.15) is 13.3 Å². The molecule has 5 nitrogen and oxygen atoms in total. The highest BCUT2D eigenvalue weighted by atomic mass is 127. The first-order valence-corrected chi connectivity index (χ1v) is 8.85. The molecule has 1 aliphatic heterocycles. The molecule has 1 aliphatic rings. The summed E-state index contributed by atoms with van der Waals surface area (Å²) in [4.78, 5) is 6.95. The average molecular weight is 466 g/mol. The highest BCUT2D eigenvalue weighted by Crippen LogP contribution is 2.23. The molecule has 0 bridgehead atoms. The molecule has 1 unspecified atom stereocenters. The van der Waals surface area contributed by atoms with Gasteiger partial charge in [0.2, 0.25) is 0 Å². The lowest BCUT2D eigenvalue weighted by atomic mass is 10.1. The third-order valence-electron chi connectivity index (χ3n) is 4.42. The van der Waals surface area contributed by atoms with Gasteiger partial charge in [0.1, 0.15) is 11.5 Å². The molecule has 1 saturated heterocycles. The summed E-state index contributed by atoms with van der Waals surface area (Å²) < 4.78 is 5.84. The number of nitrogens with one attached hydrogen (secondary N) is 1. The Morgan fingerprint density at radius 3 is 2.69 bits per heavy atom. The van der Waals surface area contributed by atoms with Gasteiger partial charge < -0.3 is 20.7 Å². The van der Waals surface area contributed by atoms with Crippen LogP contribution in [0.4, 0.5) is 5.69 Å². The fourth-order valence-electron chi connectivity index (χ4n) is 3.03. The number of para-hydroxylation sites is 1. The number of aliphatic imine (C=N–C) groups is 1. The van der Waals surface area contributed by atoms with Crippen LogP contribution in [0.5, 0.6) is 11.5 Å². The molecule has 26 heavy (non-hydrogen) atoms. The Labute approximate surface area is 172 Å². The smallest absolute Gasteiger partial charge is 0.193 e. The summed E-state index contributed by atoms with van der Waals surface area (Å²) in [6, 6.07) is 17.4. The number of hydrogen-bond donors (Lipinski definition) is 2. The van der Waals surface area contributed by atoms with Gasteiger partial charge in [-0.05, 0) is 49.7 Å². The van der Waals surface area contributed by atoms with Crippen LogP contribution in [0.2, 0.25) is 0 Å². The van der Waals surface area contributed by atoms with Crippen molar-refractivity contribution in [3.8, 4) is 11.5 Å². The summed E-state index contributed by atoms with van der Waals surface area (Å²) in [6.07, 6.45) is 1.20. The summed E-state index contributed by atoms with van der Waals surface area (Å²) >= 11 is 0. The van der Waals surface area contributed by atoms with E-state index in [9.17, 15) is 0 Å². The van der Waals surface area contributed by atoms with Crippen LogP contribution in [-0.4, -0.2) is 37.0 Å². The number of nitrogens with zero attached hydrogens (tertiary/aromatic N) is 2. The van der Waals surface area contributed by atoms with E-state index in [2.05, 4.69) is 22.1 Å². The van der Waals surface area contributed by atoms with Crippen molar-refractivity contribution in [2.45, 2.75) is 13.3 Å². The number of ether oxygens (including phenoxy) is 1. The lowest BCUT2D eigenvalue weighted by Gasteiger charge is -2.12. The van der Waals surface area contributed by atoms with E-state index in [-0.39, 0.29) is 24.0 Å². The minimum atomic E-state index is 0. The van der Waals surface area contributed by atoms with E-state index in [0.717, 1.165) is 36.8 Å². The molecule has 3 rings (SSSR count). The number of rotatable bonds is 6. The summed E-state index contributed by atoms with van der Waals surface area (Å²) in [5, 5.41) is 3.15. The summed E-state index contributed by atoms with van der Waals surface area (Å²) in [7, 11) is 0. The van der Waals surface area contributed by atoms with E-state index in [1.165, 1.54) is 13.0 Å². The Bertz CT molecular complexity index is 708. The number of anilines is 1. The van der Waals surface area contributed by atoms with Gasteiger partial charge in [-0.1, -0.05) is 31.2 Å². The van der Waals surface area contributed by atoms with Crippen molar-refractivity contribution in [2.75, 3.05) is 31.5 Å². The van der Waals surface area contributed by atoms with Crippen molar-refractivity contribution < 1.29 is 4.74 Å². The second kappa shape index (κ2) is 10.4. The van der Waals surface area contributed by atoms with Crippen molar-refractivity contribution in [2.24, 2.45) is 16.6 Å². The maximum Gasteiger partial charge on any atom is 0.193 e. The van der Waals surface area contributed by atoms with Crippen LogP contribution >= 0.6 is 24.0 Å². The van der Waals surface area contributed by atoms with Gasteiger partial charge in [-0.2, -0.15) is 0 Å². The van der Waals surface area contributed by atoms with Gasteiger partial charge in [0.05, 0.1) is 0 Å². The fraction of sp³-hybridized carbons (Fsp3) is 0.350. The van der Waals surface area contributed by atoms with Gasteiger partial charge in [0.25, 0.3) is 0 Å². The minimum absolute atomic E-state index is 0. The number of likely N-dealkylation sites (tertiary alicyclic amines) is 1. The highest BCUT2D eigenvalue weighted by Gasteiger charge is 2.20. The van der Waals surface area contributed by atoms with Crippen LogP contribution in [0, 0.1) is 5.92 Å². The standard InChI is InChI=1S/C20H26N4O.HI/c1-2-24-12-11-16(15-24)14-22-20(21)23-17-7-6-10-19(13-17)25-18-8-4-3-5-9-18;/h3-10,13,16H,2,11-12,14-15H2,1H3,(H3,21,22,23);1H. The maximum atomic E-state index is 6.04. The number of guanidine groups is 1. The van der Waals surface area contributed by atoms with Crippen LogP contribution in [0.15, 0.2) is 59.6 Å². The Morgan fingerprint density at radius 2 is 1.96 bits per heavy atom. The third kappa shape index (κ3) is 6.17. The molecular formula is C20H27IN4O. The van der Waals surface area contributed by atoms with Crippen molar-refractivity contribution in [3.05, 3.63) is 54.6 Å². The topological polar surface area (TPSA) is 62.9 Å². The van der Waals surface area contributed by atoms with E-state index in [4.69, 9.17) is 10.5 Å². The van der Waals surface area contributed by atoms with E-state index in [0.29, 0.717) is 11.9 Å². The monoisotopic (exact) mass is 466 g/mol. The van der Waals surface area contributed by atoms with Gasteiger partial charge in [-0.3, -0.25) is 4.99 Å². The normalized spacial score (nSPS) is 17.6. The zero-order chi connectivity index (χ0) is 17.5. The van der Waals surface area contributed by atoms with Crippen molar-refractivity contribution in [1.82, 2.24) is 4.90 Å². The highest BCUT2D eigenvalue weighted by molar-refractivity contribution is 14.0. The zero-order valence-electron chi connectivity index (χ0n) is 15.1. The van der Waals surface area contributed by atoms with E-state index >= 15 is 0 Å². The van der Waals surface area contributed by atoms with Crippen LogP contribution in [-0.2, 0) is 0 Å². The van der Waals surface area contributed by atoms with Gasteiger partial charge in [-0.25, -0.2) is 0 Å². The second-order valence-corrected chi connectivity index (χ2v) is 6.34. The first kappa shape index (κ1) is 20.5. The molecule has 2 aromatic rings. The SMILES string of the molecule is CCN1CCC(CN=C(N)Nc2cccc(Oc3ccccc3)c2)C1.I. The molecule has 1 atom stereocenters. The lowest BCUT2D eigenvalue weighted by molar-refractivity contribution is 0.344. The Hall–Kier alpha value is -1.80. The minimum Gasteiger partial charge on any atom is -0.457 e. The Kier molecular flexibility index (Phi) is 8.18.